The van der Waals surface area contributed by atoms with Gasteiger partial charge in [0.2, 0.25) is 5.91 Å². The molecule has 2 rings (SSSR count). The van der Waals surface area contributed by atoms with Crippen molar-refractivity contribution in [3.63, 3.8) is 0 Å². The first-order valence-corrected chi connectivity index (χ1v) is 6.34. The van der Waals surface area contributed by atoms with E-state index in [1.807, 2.05) is 6.92 Å². The predicted molar refractivity (Wildman–Crippen MR) is 70.6 cm³/mol. The molecule has 0 saturated heterocycles. The van der Waals surface area contributed by atoms with Crippen LogP contribution in [-0.2, 0) is 9.59 Å². The minimum absolute atomic E-state index is 0.320. The maximum Gasteiger partial charge on any atom is 0.319 e. The Hall–Kier alpha value is -1.75. The fourth-order valence-electron chi connectivity index (χ4n) is 1.76. The number of halogens is 1. The molecule has 1 amide bonds. The fourth-order valence-corrected chi connectivity index (χ4v) is 1.98. The quantitative estimate of drug-likeness (QED) is 0.814. The van der Waals surface area contributed by atoms with Crippen LogP contribution in [0.4, 0.5) is 5.69 Å². The molecule has 0 aromatic heterocycles. The molecule has 1 aliphatic carbocycles. The van der Waals surface area contributed by atoms with E-state index >= 15 is 0 Å². The van der Waals surface area contributed by atoms with Gasteiger partial charge in [0, 0.05) is 6.07 Å². The molecule has 1 saturated carbocycles. The lowest BCUT2D eigenvalue weighted by molar-refractivity contribution is -0.147. The topological polar surface area (TPSA) is 75.6 Å². The van der Waals surface area contributed by atoms with Gasteiger partial charge in [0.25, 0.3) is 0 Å². The van der Waals surface area contributed by atoms with Gasteiger partial charge < -0.3 is 15.2 Å². The number of carbonyl (C=O) groups excluding carboxylic acids is 1. The zero-order valence-electron chi connectivity index (χ0n) is 10.4. The molecule has 0 aliphatic heterocycles. The highest BCUT2D eigenvalue weighted by Crippen LogP contribution is 2.47. The molecule has 0 heterocycles. The van der Waals surface area contributed by atoms with E-state index in [0.29, 0.717) is 35.9 Å². The van der Waals surface area contributed by atoms with E-state index in [4.69, 9.17) is 21.4 Å². The summed E-state index contributed by atoms with van der Waals surface area (Å²) in [5, 5.41) is 11.9. The smallest absolute Gasteiger partial charge is 0.319 e. The van der Waals surface area contributed by atoms with Crippen LogP contribution in [-0.4, -0.2) is 23.6 Å². The number of benzene rings is 1. The highest BCUT2D eigenvalue weighted by molar-refractivity contribution is 6.34. The summed E-state index contributed by atoms with van der Waals surface area (Å²) in [4.78, 5) is 22.9. The van der Waals surface area contributed by atoms with Crippen LogP contribution in [0.3, 0.4) is 0 Å². The van der Waals surface area contributed by atoms with Crippen molar-refractivity contribution in [2.45, 2.75) is 19.8 Å². The number of nitrogens with one attached hydrogen (secondary N) is 1. The summed E-state index contributed by atoms with van der Waals surface area (Å²) in [5.74, 6) is -1.01. The molecular formula is C13H14ClNO4. The van der Waals surface area contributed by atoms with Gasteiger partial charge in [-0.25, -0.2) is 0 Å². The highest BCUT2D eigenvalue weighted by Gasteiger charge is 2.57. The molecule has 1 aromatic carbocycles. The zero-order chi connectivity index (χ0) is 14.0. The molecular weight excluding hydrogens is 270 g/mol. The van der Waals surface area contributed by atoms with Crippen LogP contribution >= 0.6 is 11.6 Å². The molecule has 0 unspecified atom stereocenters. The van der Waals surface area contributed by atoms with Crippen molar-refractivity contribution >= 4 is 29.2 Å². The maximum absolute atomic E-state index is 11.9. The van der Waals surface area contributed by atoms with E-state index in [0.717, 1.165) is 0 Å². The van der Waals surface area contributed by atoms with Gasteiger partial charge in [0.15, 0.2) is 0 Å². The Bertz CT molecular complexity index is 525. The van der Waals surface area contributed by atoms with Crippen molar-refractivity contribution in [2.75, 3.05) is 11.9 Å². The predicted octanol–water partition coefficient (Wildman–Crippen LogP) is 2.54. The van der Waals surface area contributed by atoms with Gasteiger partial charge in [-0.1, -0.05) is 11.6 Å². The van der Waals surface area contributed by atoms with Crippen molar-refractivity contribution in [1.29, 1.82) is 0 Å². The molecule has 0 bridgehead atoms. The zero-order valence-corrected chi connectivity index (χ0v) is 11.2. The lowest BCUT2D eigenvalue weighted by atomic mass is 10.1. The third-order valence-corrected chi connectivity index (χ3v) is 3.41. The number of hydrogen-bond donors (Lipinski definition) is 2. The van der Waals surface area contributed by atoms with Gasteiger partial charge in [-0.3, -0.25) is 9.59 Å². The molecule has 1 fully saturated rings. The first-order chi connectivity index (χ1) is 8.99. The van der Waals surface area contributed by atoms with E-state index in [1.54, 1.807) is 18.2 Å². The summed E-state index contributed by atoms with van der Waals surface area (Å²) in [5.41, 5.74) is -0.885. The maximum atomic E-state index is 11.9. The minimum Gasteiger partial charge on any atom is -0.494 e. The fraction of sp³-hybridized carbons (Fsp3) is 0.385. The SMILES string of the molecule is CCOc1ccc(NC(=O)C2(C(=O)O)CC2)c(Cl)c1. The van der Waals surface area contributed by atoms with Crippen LogP contribution in [0.2, 0.25) is 5.02 Å². The van der Waals surface area contributed by atoms with Crippen molar-refractivity contribution in [3.05, 3.63) is 23.2 Å². The van der Waals surface area contributed by atoms with Crippen LogP contribution in [0.25, 0.3) is 0 Å². The Kier molecular flexibility index (Phi) is 3.66. The van der Waals surface area contributed by atoms with Crippen LogP contribution in [0.15, 0.2) is 18.2 Å². The van der Waals surface area contributed by atoms with E-state index in [1.165, 1.54) is 0 Å². The Morgan fingerprint density at radius 3 is 2.63 bits per heavy atom. The van der Waals surface area contributed by atoms with Gasteiger partial charge in [0.1, 0.15) is 11.2 Å². The molecule has 0 atom stereocenters. The second kappa shape index (κ2) is 5.09. The first-order valence-electron chi connectivity index (χ1n) is 5.97. The number of carboxylic acids is 1. The largest absolute Gasteiger partial charge is 0.494 e. The minimum atomic E-state index is -1.28. The average Bonchev–Trinajstić information content (AvgIpc) is 3.14. The van der Waals surface area contributed by atoms with Gasteiger partial charge >= 0.3 is 5.97 Å². The third kappa shape index (κ3) is 2.66. The molecule has 102 valence electrons. The summed E-state index contributed by atoms with van der Waals surface area (Å²) in [6, 6.07) is 4.86. The number of carbonyl (C=O) groups is 2. The molecule has 19 heavy (non-hydrogen) atoms. The van der Waals surface area contributed by atoms with Gasteiger partial charge in [-0.05, 0) is 31.9 Å². The monoisotopic (exact) mass is 283 g/mol. The molecule has 0 spiro atoms. The van der Waals surface area contributed by atoms with Crippen molar-refractivity contribution in [1.82, 2.24) is 0 Å². The van der Waals surface area contributed by atoms with E-state index in [9.17, 15) is 9.59 Å². The second-order valence-electron chi connectivity index (χ2n) is 4.42. The van der Waals surface area contributed by atoms with E-state index < -0.39 is 17.3 Å². The third-order valence-electron chi connectivity index (χ3n) is 3.09. The number of aliphatic carboxylic acids is 1. The molecule has 0 radical (unpaired) electrons. The Balaban J connectivity index is 2.12. The number of amides is 1. The summed E-state index contributed by atoms with van der Waals surface area (Å²) in [6.45, 7) is 2.37. The van der Waals surface area contributed by atoms with Crippen molar-refractivity contribution in [2.24, 2.45) is 5.41 Å². The molecule has 6 heteroatoms. The Labute approximate surface area is 115 Å². The van der Waals surface area contributed by atoms with Gasteiger partial charge in [0.05, 0.1) is 17.3 Å². The summed E-state index contributed by atoms with van der Waals surface area (Å²) >= 11 is 6.02. The molecule has 1 aliphatic rings. The first kappa shape index (κ1) is 13.7. The summed E-state index contributed by atoms with van der Waals surface area (Å²) in [7, 11) is 0. The van der Waals surface area contributed by atoms with Crippen LogP contribution in [0.1, 0.15) is 19.8 Å². The van der Waals surface area contributed by atoms with Crippen molar-refractivity contribution in [3.8, 4) is 5.75 Å². The number of hydrogen-bond acceptors (Lipinski definition) is 3. The molecule has 1 aromatic rings. The molecule has 5 nitrogen and oxygen atoms in total. The lowest BCUT2D eigenvalue weighted by Crippen LogP contribution is -2.31. The standard InChI is InChI=1S/C13H14ClNO4/c1-2-19-8-3-4-10(9(14)7-8)15-11(16)13(5-6-13)12(17)18/h3-4,7H,2,5-6H2,1H3,(H,15,16)(H,17,18). The average molecular weight is 284 g/mol. The second-order valence-corrected chi connectivity index (χ2v) is 4.82. The van der Waals surface area contributed by atoms with Gasteiger partial charge in [-0.2, -0.15) is 0 Å². The number of carboxylic acid groups (broad SMARTS) is 1. The Morgan fingerprint density at radius 2 is 2.16 bits per heavy atom. The van der Waals surface area contributed by atoms with Crippen LogP contribution < -0.4 is 10.1 Å². The van der Waals surface area contributed by atoms with E-state index in [2.05, 4.69) is 5.32 Å². The number of anilines is 1. The normalized spacial score (nSPS) is 15.7. The van der Waals surface area contributed by atoms with Crippen LogP contribution in [0, 0.1) is 5.41 Å². The Morgan fingerprint density at radius 1 is 1.47 bits per heavy atom. The summed E-state index contributed by atoms with van der Waals surface area (Å²) < 4.78 is 5.27. The van der Waals surface area contributed by atoms with Gasteiger partial charge in [-0.15, -0.1) is 0 Å². The number of ether oxygens (including phenoxy) is 1. The molecule has 2 N–H and O–H groups in total. The van der Waals surface area contributed by atoms with Crippen LogP contribution in [0.5, 0.6) is 5.75 Å². The highest BCUT2D eigenvalue weighted by atomic mass is 35.5. The lowest BCUT2D eigenvalue weighted by Gasteiger charge is -2.12. The number of rotatable bonds is 5. The van der Waals surface area contributed by atoms with E-state index in [-0.39, 0.29) is 0 Å². The van der Waals surface area contributed by atoms with Crippen molar-refractivity contribution < 1.29 is 19.4 Å². The summed E-state index contributed by atoms with van der Waals surface area (Å²) in [6.07, 6.45) is 0.728.